The molecule has 0 radical (unpaired) electrons. The Balaban J connectivity index is 1.65. The van der Waals surface area contributed by atoms with Crippen molar-refractivity contribution in [3.05, 3.63) is 76.0 Å². The molecule has 0 aliphatic carbocycles. The second kappa shape index (κ2) is 5.75. The molecule has 0 N–H and O–H groups in total. The van der Waals surface area contributed by atoms with E-state index in [0.717, 1.165) is 40.0 Å². The summed E-state index contributed by atoms with van der Waals surface area (Å²) in [7, 11) is 0. The first-order chi connectivity index (χ1) is 12.7. The molecule has 2 aromatic heterocycles. The van der Waals surface area contributed by atoms with Gasteiger partial charge < -0.3 is 13.6 Å². The van der Waals surface area contributed by atoms with E-state index >= 15 is 0 Å². The largest absolute Gasteiger partial charge is 0.477 e. The lowest BCUT2D eigenvalue weighted by Gasteiger charge is -2.29. The lowest BCUT2D eigenvalue weighted by molar-refractivity contribution is 0.0818. The summed E-state index contributed by atoms with van der Waals surface area (Å²) < 4.78 is 17.1. The van der Waals surface area contributed by atoms with Crippen molar-refractivity contribution in [2.24, 2.45) is 0 Å². The van der Waals surface area contributed by atoms with Crippen LogP contribution < -0.4 is 10.4 Å². The molecule has 1 aliphatic heterocycles. The molecule has 0 unspecified atom stereocenters. The summed E-state index contributed by atoms with van der Waals surface area (Å²) in [6, 6.07) is 13.5. The van der Waals surface area contributed by atoms with Gasteiger partial charge in [0.2, 0.25) is 0 Å². The second-order valence-electron chi connectivity index (χ2n) is 6.64. The van der Waals surface area contributed by atoms with E-state index in [9.17, 15) is 4.79 Å². The van der Waals surface area contributed by atoms with Gasteiger partial charge in [0, 0.05) is 23.1 Å². The molecule has 4 aromatic rings. The molecule has 0 fully saturated rings. The molecule has 0 amide bonds. The lowest BCUT2D eigenvalue weighted by Crippen LogP contribution is -2.31. The standard InChI is InChI=1S/C21H17NO4/c1-13-19-14(10-22(12-25-19)11-15-5-4-8-24-15)9-18-16-6-2-3-7-17(16)21(23)26-20(13)18/h2-9H,10-12H2,1H3. The van der Waals surface area contributed by atoms with Crippen LogP contribution in [0.3, 0.4) is 0 Å². The molecule has 3 heterocycles. The summed E-state index contributed by atoms with van der Waals surface area (Å²) in [6.45, 7) is 3.85. The summed E-state index contributed by atoms with van der Waals surface area (Å²) in [4.78, 5) is 14.5. The number of furan rings is 1. The molecule has 5 heteroatoms. The third kappa shape index (κ3) is 2.32. The Morgan fingerprint density at radius 2 is 1.92 bits per heavy atom. The zero-order valence-electron chi connectivity index (χ0n) is 14.3. The van der Waals surface area contributed by atoms with Crippen molar-refractivity contribution in [2.45, 2.75) is 20.0 Å². The van der Waals surface area contributed by atoms with Gasteiger partial charge in [0.05, 0.1) is 18.2 Å². The van der Waals surface area contributed by atoms with Gasteiger partial charge in [-0.3, -0.25) is 4.90 Å². The van der Waals surface area contributed by atoms with Crippen LogP contribution in [0.25, 0.3) is 21.7 Å². The number of hydrogen-bond acceptors (Lipinski definition) is 5. The number of aryl methyl sites for hydroxylation is 1. The van der Waals surface area contributed by atoms with E-state index in [1.807, 2.05) is 37.3 Å². The Labute approximate surface area is 149 Å². The fourth-order valence-electron chi connectivity index (χ4n) is 3.71. The van der Waals surface area contributed by atoms with Gasteiger partial charge in [-0.1, -0.05) is 18.2 Å². The van der Waals surface area contributed by atoms with Crippen LogP contribution in [0.4, 0.5) is 0 Å². The summed E-state index contributed by atoms with van der Waals surface area (Å²) in [5, 5.41) is 2.45. The van der Waals surface area contributed by atoms with Crippen molar-refractivity contribution in [2.75, 3.05) is 6.73 Å². The summed E-state index contributed by atoms with van der Waals surface area (Å²) in [5.74, 6) is 1.72. The summed E-state index contributed by atoms with van der Waals surface area (Å²) in [6.07, 6.45) is 1.68. The number of nitrogens with zero attached hydrogens (tertiary/aromatic N) is 1. The van der Waals surface area contributed by atoms with Crippen LogP contribution in [0.15, 0.2) is 62.4 Å². The van der Waals surface area contributed by atoms with Crippen molar-refractivity contribution < 1.29 is 13.6 Å². The highest BCUT2D eigenvalue weighted by atomic mass is 16.5. The van der Waals surface area contributed by atoms with Crippen molar-refractivity contribution >= 4 is 21.7 Å². The Morgan fingerprint density at radius 3 is 2.73 bits per heavy atom. The summed E-state index contributed by atoms with van der Waals surface area (Å²) >= 11 is 0. The third-order valence-corrected chi connectivity index (χ3v) is 4.91. The monoisotopic (exact) mass is 347 g/mol. The highest BCUT2D eigenvalue weighted by Gasteiger charge is 2.23. The fraction of sp³-hybridized carbons (Fsp3) is 0.190. The van der Waals surface area contributed by atoms with E-state index in [-0.39, 0.29) is 5.63 Å². The second-order valence-corrected chi connectivity index (χ2v) is 6.64. The maximum Gasteiger partial charge on any atom is 0.344 e. The van der Waals surface area contributed by atoms with Crippen molar-refractivity contribution in [1.29, 1.82) is 0 Å². The van der Waals surface area contributed by atoms with Crippen LogP contribution in [-0.2, 0) is 13.1 Å². The van der Waals surface area contributed by atoms with Crippen molar-refractivity contribution in [3.63, 3.8) is 0 Å². The minimum absolute atomic E-state index is 0.314. The number of hydrogen-bond donors (Lipinski definition) is 0. The predicted octanol–water partition coefficient (Wildman–Crippen LogP) is 4.20. The molecular weight excluding hydrogens is 330 g/mol. The van der Waals surface area contributed by atoms with Crippen molar-refractivity contribution in [3.8, 4) is 5.75 Å². The molecule has 1 aliphatic rings. The van der Waals surface area contributed by atoms with E-state index in [1.165, 1.54) is 0 Å². The van der Waals surface area contributed by atoms with Crippen LogP contribution in [0.1, 0.15) is 16.9 Å². The Morgan fingerprint density at radius 1 is 1.08 bits per heavy atom. The Bertz CT molecular complexity index is 1170. The third-order valence-electron chi connectivity index (χ3n) is 4.91. The first-order valence-corrected chi connectivity index (χ1v) is 8.56. The minimum Gasteiger partial charge on any atom is -0.477 e. The first-order valence-electron chi connectivity index (χ1n) is 8.56. The fourth-order valence-corrected chi connectivity index (χ4v) is 3.71. The number of ether oxygens (including phenoxy) is 1. The van der Waals surface area contributed by atoms with Crippen LogP contribution in [0.2, 0.25) is 0 Å². The average molecular weight is 347 g/mol. The molecule has 5 rings (SSSR count). The van der Waals surface area contributed by atoms with Gasteiger partial charge in [0.25, 0.3) is 0 Å². The van der Waals surface area contributed by atoms with Gasteiger partial charge in [0.15, 0.2) is 0 Å². The SMILES string of the molecule is Cc1c2c(cc3c1oc(=O)c1ccccc13)CN(Cc1ccco1)CO2. The molecule has 0 saturated heterocycles. The minimum atomic E-state index is -0.314. The van der Waals surface area contributed by atoms with E-state index in [0.29, 0.717) is 24.2 Å². The molecule has 26 heavy (non-hydrogen) atoms. The van der Waals surface area contributed by atoms with Gasteiger partial charge >= 0.3 is 5.63 Å². The van der Waals surface area contributed by atoms with Gasteiger partial charge in [0.1, 0.15) is 23.8 Å². The number of benzene rings is 2. The van der Waals surface area contributed by atoms with E-state index < -0.39 is 0 Å². The molecule has 0 atom stereocenters. The zero-order chi connectivity index (χ0) is 17.7. The first kappa shape index (κ1) is 15.2. The molecule has 2 aromatic carbocycles. The molecule has 130 valence electrons. The maximum absolute atomic E-state index is 12.3. The van der Waals surface area contributed by atoms with Gasteiger partial charge in [-0.15, -0.1) is 0 Å². The van der Waals surface area contributed by atoms with E-state index in [1.54, 1.807) is 12.3 Å². The number of fused-ring (bicyclic) bond motifs is 4. The Hall–Kier alpha value is -3.05. The maximum atomic E-state index is 12.3. The van der Waals surface area contributed by atoms with Crippen LogP contribution in [0.5, 0.6) is 5.75 Å². The van der Waals surface area contributed by atoms with Crippen molar-refractivity contribution in [1.82, 2.24) is 4.90 Å². The highest BCUT2D eigenvalue weighted by Crippen LogP contribution is 2.37. The normalized spacial score (nSPS) is 14.5. The molecule has 5 nitrogen and oxygen atoms in total. The summed E-state index contributed by atoms with van der Waals surface area (Å²) in [5.41, 5.74) is 2.25. The Kier molecular flexibility index (Phi) is 3.36. The van der Waals surface area contributed by atoms with Crippen LogP contribution in [0, 0.1) is 6.92 Å². The van der Waals surface area contributed by atoms with E-state index in [2.05, 4.69) is 11.0 Å². The van der Waals surface area contributed by atoms with E-state index in [4.69, 9.17) is 13.6 Å². The zero-order valence-corrected chi connectivity index (χ0v) is 14.3. The molecule has 0 bridgehead atoms. The average Bonchev–Trinajstić information content (AvgIpc) is 3.16. The smallest absolute Gasteiger partial charge is 0.344 e. The molecule has 0 saturated carbocycles. The predicted molar refractivity (Wildman–Crippen MR) is 98.2 cm³/mol. The topological polar surface area (TPSA) is 55.8 Å². The highest BCUT2D eigenvalue weighted by molar-refractivity contribution is 6.06. The molecular formula is C21H17NO4. The van der Waals surface area contributed by atoms with Gasteiger partial charge in [-0.05, 0) is 36.6 Å². The van der Waals surface area contributed by atoms with Gasteiger partial charge in [-0.2, -0.15) is 0 Å². The number of rotatable bonds is 2. The lowest BCUT2D eigenvalue weighted by atomic mass is 10.00. The molecule has 0 spiro atoms. The quantitative estimate of drug-likeness (QED) is 0.402. The van der Waals surface area contributed by atoms with Gasteiger partial charge in [-0.25, -0.2) is 4.79 Å². The van der Waals surface area contributed by atoms with Crippen LogP contribution >= 0.6 is 0 Å². The van der Waals surface area contributed by atoms with Crippen LogP contribution in [-0.4, -0.2) is 11.6 Å².